The van der Waals surface area contributed by atoms with Crippen LogP contribution in [0.4, 0.5) is 0 Å². The average molecular weight is 300 g/mol. The molecule has 0 fully saturated rings. The third kappa shape index (κ3) is 11.5. The van der Waals surface area contributed by atoms with Crippen LogP contribution in [0.1, 0.15) is 27.7 Å². The molecule has 0 heterocycles. The summed E-state index contributed by atoms with van der Waals surface area (Å²) in [5.41, 5.74) is -2.80. The van der Waals surface area contributed by atoms with Gasteiger partial charge in [-0.05, 0) is 11.8 Å². The third-order valence-corrected chi connectivity index (χ3v) is 5.71. The van der Waals surface area contributed by atoms with E-state index in [4.69, 9.17) is 16.3 Å². The summed E-state index contributed by atoms with van der Waals surface area (Å²) < 4.78 is 5.17. The Morgan fingerprint density at radius 1 is 1.29 bits per heavy atom. The van der Waals surface area contributed by atoms with Crippen molar-refractivity contribution in [2.24, 2.45) is 11.8 Å². The molecule has 14 heavy (non-hydrogen) atoms. The van der Waals surface area contributed by atoms with Gasteiger partial charge in [-0.1, -0.05) is 39.5 Å². The molecule has 1 unspecified atom stereocenters. The van der Waals surface area contributed by atoms with E-state index in [-0.39, 0.29) is 16.5 Å². The molecule has 0 aliphatic rings. The van der Waals surface area contributed by atoms with Crippen LogP contribution in [-0.2, 0) is 32.8 Å². The topological polar surface area (TPSA) is 32.3 Å². The predicted molar refractivity (Wildman–Crippen MR) is 62.4 cm³/mol. The van der Waals surface area contributed by atoms with Gasteiger partial charge in [0.15, 0.2) is 0 Å². The van der Waals surface area contributed by atoms with Gasteiger partial charge in [0.2, 0.25) is 0 Å². The molecule has 0 aromatic heterocycles. The Morgan fingerprint density at radius 3 is 2.14 bits per heavy atom. The van der Waals surface area contributed by atoms with Crippen LogP contribution in [0, 0.1) is 11.8 Å². The molecule has 0 saturated carbocycles. The normalized spacial score (nSPS) is 15.4. The van der Waals surface area contributed by atoms with E-state index in [1.165, 1.54) is 11.4 Å². The molecule has 0 aromatic rings. The molecule has 0 bridgehead atoms. The summed E-state index contributed by atoms with van der Waals surface area (Å²) in [6, 6.07) is 0. The summed E-state index contributed by atoms with van der Waals surface area (Å²) in [7, 11) is 0. The SMILES string of the molecule is CC(C)COP([O-])(=S)SCC(C)C.[Ni]. The fourth-order valence-corrected chi connectivity index (χ4v) is 4.13. The van der Waals surface area contributed by atoms with Crippen LogP contribution in [0.2, 0.25) is 0 Å². The summed E-state index contributed by atoms with van der Waals surface area (Å²) in [4.78, 5) is 11.6. The molecule has 0 spiro atoms. The van der Waals surface area contributed by atoms with Crippen LogP contribution in [0.25, 0.3) is 0 Å². The summed E-state index contributed by atoms with van der Waals surface area (Å²) >= 11 is 6.15. The van der Waals surface area contributed by atoms with Crippen LogP contribution in [-0.4, -0.2) is 12.4 Å². The quantitative estimate of drug-likeness (QED) is 0.557. The second-order valence-electron chi connectivity index (χ2n) is 3.83. The third-order valence-electron chi connectivity index (χ3n) is 1.13. The zero-order valence-corrected chi connectivity index (χ0v) is 12.5. The number of rotatable bonds is 6. The second kappa shape index (κ2) is 8.55. The molecule has 0 radical (unpaired) electrons. The zero-order chi connectivity index (χ0) is 10.5. The first-order valence-corrected chi connectivity index (χ1v) is 8.66. The molecule has 0 aliphatic carbocycles. The maximum absolute atomic E-state index is 11.6. The molecule has 0 rings (SSSR count). The molecular weight excluding hydrogens is 282 g/mol. The van der Waals surface area contributed by atoms with Crippen molar-refractivity contribution in [3.8, 4) is 0 Å². The van der Waals surface area contributed by atoms with E-state index < -0.39 is 5.69 Å². The van der Waals surface area contributed by atoms with E-state index in [9.17, 15) is 4.89 Å². The maximum atomic E-state index is 11.6. The molecule has 6 heteroatoms. The molecule has 0 aliphatic heterocycles. The van der Waals surface area contributed by atoms with Crippen molar-refractivity contribution in [2.75, 3.05) is 12.4 Å². The minimum atomic E-state index is -2.80. The van der Waals surface area contributed by atoms with Gasteiger partial charge in [-0.25, -0.2) is 0 Å². The molecule has 2 nitrogen and oxygen atoms in total. The van der Waals surface area contributed by atoms with Crippen LogP contribution >= 0.6 is 17.1 Å². The number of hydrogen-bond acceptors (Lipinski definition) is 4. The summed E-state index contributed by atoms with van der Waals surface area (Å²) in [6.45, 7) is 8.67. The van der Waals surface area contributed by atoms with Crippen LogP contribution in [0.5, 0.6) is 0 Å². The van der Waals surface area contributed by atoms with E-state index in [2.05, 4.69) is 13.8 Å². The Hall–Kier alpha value is 1.41. The summed E-state index contributed by atoms with van der Waals surface area (Å²) in [6.07, 6.45) is 0. The van der Waals surface area contributed by atoms with Gasteiger partial charge in [-0.2, -0.15) is 0 Å². The van der Waals surface area contributed by atoms with Gasteiger partial charge in [0.05, 0.1) is 6.61 Å². The first kappa shape index (κ1) is 17.8. The minimum absolute atomic E-state index is 0. The smallest absolute Gasteiger partial charge is 0.0536 e. The molecular formula is C8H18NiO2PS2-. The van der Waals surface area contributed by atoms with Gasteiger partial charge < -0.3 is 9.42 Å². The van der Waals surface area contributed by atoms with E-state index in [1.54, 1.807) is 0 Å². The van der Waals surface area contributed by atoms with Crippen LogP contribution < -0.4 is 4.89 Å². The van der Waals surface area contributed by atoms with Gasteiger partial charge in [-0.3, -0.25) is 0 Å². The Morgan fingerprint density at radius 2 is 1.79 bits per heavy atom. The minimum Gasteiger partial charge on any atom is -0.793 e. The summed E-state index contributed by atoms with van der Waals surface area (Å²) in [5, 5.41) is 0. The number of hydrogen-bond donors (Lipinski definition) is 0. The fourth-order valence-electron chi connectivity index (χ4n) is 0.518. The first-order valence-electron chi connectivity index (χ1n) is 4.43. The van der Waals surface area contributed by atoms with Crippen LogP contribution in [0.15, 0.2) is 0 Å². The van der Waals surface area contributed by atoms with Crippen molar-refractivity contribution in [1.82, 2.24) is 0 Å². The van der Waals surface area contributed by atoms with Gasteiger partial charge in [0, 0.05) is 27.9 Å². The van der Waals surface area contributed by atoms with Crippen molar-refractivity contribution in [3.63, 3.8) is 0 Å². The van der Waals surface area contributed by atoms with E-state index >= 15 is 0 Å². The van der Waals surface area contributed by atoms with E-state index in [1.807, 2.05) is 13.8 Å². The predicted octanol–water partition coefficient (Wildman–Crippen LogP) is 2.63. The van der Waals surface area contributed by atoms with Gasteiger partial charge >= 0.3 is 0 Å². The maximum Gasteiger partial charge on any atom is 0.0536 e. The van der Waals surface area contributed by atoms with Crippen LogP contribution in [0.3, 0.4) is 0 Å². The van der Waals surface area contributed by atoms with Crippen molar-refractivity contribution in [3.05, 3.63) is 0 Å². The van der Waals surface area contributed by atoms with E-state index in [0.717, 1.165) is 5.75 Å². The second-order valence-corrected chi connectivity index (χ2v) is 9.92. The van der Waals surface area contributed by atoms with Gasteiger partial charge in [0.1, 0.15) is 0 Å². The fraction of sp³-hybridized carbons (Fsp3) is 1.00. The Kier molecular flexibility index (Phi) is 10.9. The van der Waals surface area contributed by atoms with Crippen molar-refractivity contribution >= 4 is 28.9 Å². The van der Waals surface area contributed by atoms with Gasteiger partial charge in [0.25, 0.3) is 0 Å². The molecule has 0 aromatic carbocycles. The molecule has 0 saturated heterocycles. The van der Waals surface area contributed by atoms with Crippen molar-refractivity contribution in [2.45, 2.75) is 27.7 Å². The molecule has 0 N–H and O–H groups in total. The molecule has 0 amide bonds. The molecule has 90 valence electrons. The Bertz CT molecular complexity index is 172. The van der Waals surface area contributed by atoms with Gasteiger partial charge in [-0.15, -0.1) is 11.4 Å². The standard InChI is InChI=1S/C8H19O2PS2.Ni/c1-7(2)5-10-11(9,12)13-6-8(3)4;/h7-8H,5-6H2,1-4H3,(H,9,12);/p-1. The Labute approximate surface area is 106 Å². The summed E-state index contributed by atoms with van der Waals surface area (Å²) in [5.74, 6) is 1.69. The Balaban J connectivity index is 0. The van der Waals surface area contributed by atoms with E-state index in [0.29, 0.717) is 18.4 Å². The first-order chi connectivity index (χ1) is 5.83. The largest absolute Gasteiger partial charge is 0.793 e. The molecule has 1 atom stereocenters. The zero-order valence-electron chi connectivity index (χ0n) is 8.97. The monoisotopic (exact) mass is 299 g/mol. The average Bonchev–Trinajstić information content (AvgIpc) is 1.98. The van der Waals surface area contributed by atoms with Crippen molar-refractivity contribution < 1.29 is 25.9 Å². The van der Waals surface area contributed by atoms with Crippen molar-refractivity contribution in [1.29, 1.82) is 0 Å².